The van der Waals surface area contributed by atoms with Gasteiger partial charge in [0.2, 0.25) is 5.91 Å². The smallest absolute Gasteiger partial charge is 0.388 e. The first kappa shape index (κ1) is 19.9. The van der Waals surface area contributed by atoms with E-state index in [1.54, 1.807) is 31.8 Å². The molecular formula is C18H22N5O4S+. The topological polar surface area (TPSA) is 94.3 Å². The number of likely N-dealkylation sites (N-methyl/N-ethyl adjacent to an activating group) is 2. The maximum absolute atomic E-state index is 12.4. The Kier molecular flexibility index (Phi) is 5.41. The lowest BCUT2D eigenvalue weighted by Gasteiger charge is -2.27. The first-order valence-electron chi connectivity index (χ1n) is 8.55. The molecule has 4 amide bonds. The highest BCUT2D eigenvalue weighted by Crippen LogP contribution is 2.26. The molecule has 9 nitrogen and oxygen atoms in total. The summed E-state index contributed by atoms with van der Waals surface area (Å²) in [6, 6.07) is 4.36. The number of hydrogen-bond donors (Lipinski definition) is 1. The van der Waals surface area contributed by atoms with Gasteiger partial charge in [0.1, 0.15) is 5.75 Å². The molecule has 1 atom stereocenters. The highest BCUT2D eigenvalue weighted by molar-refractivity contribution is 8.14. The number of nitrogens with zero attached hydrogens (tertiary/aromatic N) is 4. The first-order chi connectivity index (χ1) is 13.2. The summed E-state index contributed by atoms with van der Waals surface area (Å²) in [7, 11) is 6.30. The number of carbonyl (C=O) groups excluding carboxylic acids is 3. The van der Waals surface area contributed by atoms with Crippen molar-refractivity contribution in [2.24, 2.45) is 4.99 Å². The van der Waals surface area contributed by atoms with Gasteiger partial charge in [-0.1, -0.05) is 6.07 Å². The molecule has 0 aromatic heterocycles. The predicted octanol–water partition coefficient (Wildman–Crippen LogP) is 0.978. The second-order valence-electron chi connectivity index (χ2n) is 6.51. The molecule has 148 valence electrons. The van der Waals surface area contributed by atoms with Crippen LogP contribution in [0.15, 0.2) is 23.2 Å². The van der Waals surface area contributed by atoms with Crippen molar-refractivity contribution >= 4 is 46.3 Å². The highest BCUT2D eigenvalue weighted by atomic mass is 32.2. The maximum atomic E-state index is 12.4. The monoisotopic (exact) mass is 404 g/mol. The lowest BCUT2D eigenvalue weighted by Crippen LogP contribution is -2.59. The van der Waals surface area contributed by atoms with Crippen molar-refractivity contribution in [1.29, 1.82) is 0 Å². The number of urea groups is 1. The van der Waals surface area contributed by atoms with E-state index in [-0.39, 0.29) is 17.6 Å². The van der Waals surface area contributed by atoms with Crippen molar-refractivity contribution in [3.8, 4) is 5.75 Å². The van der Waals surface area contributed by atoms with Crippen molar-refractivity contribution < 1.29 is 23.7 Å². The Labute approximate surface area is 167 Å². The van der Waals surface area contributed by atoms with Crippen molar-refractivity contribution in [1.82, 2.24) is 9.80 Å². The fourth-order valence-electron chi connectivity index (χ4n) is 3.08. The molecule has 2 aliphatic heterocycles. The molecule has 10 heteroatoms. The summed E-state index contributed by atoms with van der Waals surface area (Å²) >= 11 is 1.20. The van der Waals surface area contributed by atoms with Gasteiger partial charge in [0, 0.05) is 7.05 Å². The van der Waals surface area contributed by atoms with Crippen LogP contribution in [0.3, 0.4) is 0 Å². The third-order valence-electron chi connectivity index (χ3n) is 4.56. The molecule has 0 aliphatic carbocycles. The lowest BCUT2D eigenvalue weighted by atomic mass is 10.2. The Morgan fingerprint density at radius 1 is 1.32 bits per heavy atom. The number of aryl methyl sites for hydroxylation is 1. The highest BCUT2D eigenvalue weighted by Gasteiger charge is 2.51. The third-order valence-corrected chi connectivity index (χ3v) is 5.60. The van der Waals surface area contributed by atoms with E-state index in [0.29, 0.717) is 22.4 Å². The molecule has 0 radical (unpaired) electrons. The summed E-state index contributed by atoms with van der Waals surface area (Å²) in [6.07, 6.45) is 0. The summed E-state index contributed by atoms with van der Waals surface area (Å²) in [6.45, 7) is 1.93. The zero-order valence-electron chi connectivity index (χ0n) is 16.3. The number of methoxy groups -OCH3 is 1. The van der Waals surface area contributed by atoms with Crippen LogP contribution in [0, 0.1) is 6.92 Å². The van der Waals surface area contributed by atoms with Gasteiger partial charge in [-0.3, -0.25) is 14.5 Å². The van der Waals surface area contributed by atoms with E-state index in [1.165, 1.54) is 23.7 Å². The number of rotatable bonds is 4. The van der Waals surface area contributed by atoms with E-state index < -0.39 is 12.1 Å². The van der Waals surface area contributed by atoms with Crippen molar-refractivity contribution in [3.05, 3.63) is 23.8 Å². The Hall–Kier alpha value is -2.88. The Morgan fingerprint density at radius 2 is 2.04 bits per heavy atom. The zero-order valence-corrected chi connectivity index (χ0v) is 17.2. The van der Waals surface area contributed by atoms with E-state index in [2.05, 4.69) is 10.3 Å². The molecule has 1 fully saturated rings. The van der Waals surface area contributed by atoms with Gasteiger partial charge in [0.25, 0.3) is 23.0 Å². The van der Waals surface area contributed by atoms with Crippen molar-refractivity contribution in [3.63, 3.8) is 0 Å². The number of ether oxygens (including phenoxy) is 1. The molecule has 3 rings (SSSR count). The van der Waals surface area contributed by atoms with Crippen LogP contribution in [-0.4, -0.2) is 83.3 Å². The molecular weight excluding hydrogens is 382 g/mol. The zero-order chi connectivity index (χ0) is 20.6. The number of amides is 4. The van der Waals surface area contributed by atoms with Crippen LogP contribution in [0.5, 0.6) is 5.75 Å². The fraction of sp³-hybridized carbons (Fsp3) is 0.389. The molecule has 28 heavy (non-hydrogen) atoms. The molecule has 1 aromatic rings. The number of fused-ring (bicyclic) bond motifs is 1. The summed E-state index contributed by atoms with van der Waals surface area (Å²) in [4.78, 5) is 43.8. The molecule has 1 unspecified atom stereocenters. The second-order valence-corrected chi connectivity index (χ2v) is 7.45. The van der Waals surface area contributed by atoms with Gasteiger partial charge in [0.15, 0.2) is 0 Å². The molecule has 0 bridgehead atoms. The third kappa shape index (κ3) is 3.47. The molecule has 2 heterocycles. The standard InChI is InChI=1S/C18H21N5O4S/c1-10-6-7-12(27-5)11(8-10)19-13(24)9-28-17-20-14-15(21(17)2)22(3)18(26)23(4)16(14)25/h6-8,14H,9H2,1-5H3/p+1. The number of aliphatic imine (C=N–C) groups is 1. The average Bonchev–Trinajstić information content (AvgIpc) is 3.00. The van der Waals surface area contributed by atoms with Gasteiger partial charge in [-0.2, -0.15) is 0 Å². The molecule has 1 aromatic carbocycles. The van der Waals surface area contributed by atoms with Crippen LogP contribution in [0.25, 0.3) is 0 Å². The maximum Gasteiger partial charge on any atom is 0.388 e. The number of benzene rings is 1. The minimum absolute atomic E-state index is 0.0992. The minimum Gasteiger partial charge on any atom is -0.495 e. The number of imide groups is 1. The number of carbonyl (C=O) groups is 3. The average molecular weight is 404 g/mol. The molecule has 1 N–H and O–H groups in total. The number of amidine groups is 2. The van der Waals surface area contributed by atoms with E-state index in [4.69, 9.17) is 4.74 Å². The fourth-order valence-corrected chi connectivity index (χ4v) is 3.88. The SMILES string of the molecule is COc1ccc(C)cc1NC(=O)CSC1=NC2C(=O)N(C)C(=O)N(C)C2=[N+]1C. The van der Waals surface area contributed by atoms with Gasteiger partial charge in [-0.05, 0) is 36.4 Å². The van der Waals surface area contributed by atoms with Crippen LogP contribution >= 0.6 is 11.8 Å². The summed E-state index contributed by atoms with van der Waals surface area (Å²) in [5.74, 6) is 0.570. The number of nitrogens with one attached hydrogen (secondary N) is 1. The predicted molar refractivity (Wildman–Crippen MR) is 107 cm³/mol. The largest absolute Gasteiger partial charge is 0.495 e. The Bertz CT molecular complexity index is 927. The van der Waals surface area contributed by atoms with Crippen LogP contribution in [0.1, 0.15) is 5.56 Å². The van der Waals surface area contributed by atoms with Crippen molar-refractivity contribution in [2.75, 3.05) is 39.3 Å². The van der Waals surface area contributed by atoms with Gasteiger partial charge in [-0.15, -0.1) is 4.99 Å². The molecule has 0 saturated carbocycles. The van der Waals surface area contributed by atoms with Crippen LogP contribution < -0.4 is 10.1 Å². The van der Waals surface area contributed by atoms with Crippen molar-refractivity contribution in [2.45, 2.75) is 13.0 Å². The van der Waals surface area contributed by atoms with Crippen LogP contribution in [0.2, 0.25) is 0 Å². The van der Waals surface area contributed by atoms with Gasteiger partial charge >= 0.3 is 6.03 Å². The van der Waals surface area contributed by atoms with Crippen LogP contribution in [0.4, 0.5) is 10.5 Å². The molecule has 2 aliphatic rings. The van der Waals surface area contributed by atoms with E-state index in [1.807, 2.05) is 19.1 Å². The van der Waals surface area contributed by atoms with Gasteiger partial charge in [0.05, 0.1) is 32.6 Å². The Balaban J connectivity index is 1.71. The quantitative estimate of drug-likeness (QED) is 0.755. The summed E-state index contributed by atoms with van der Waals surface area (Å²) < 4.78 is 6.95. The van der Waals surface area contributed by atoms with E-state index in [0.717, 1.165) is 10.5 Å². The molecule has 0 spiro atoms. The Morgan fingerprint density at radius 3 is 2.71 bits per heavy atom. The number of hydrogen-bond acceptors (Lipinski definition) is 6. The van der Waals surface area contributed by atoms with E-state index >= 15 is 0 Å². The molecule has 1 saturated heterocycles. The summed E-state index contributed by atoms with van der Waals surface area (Å²) in [5, 5.41) is 3.34. The van der Waals surface area contributed by atoms with E-state index in [9.17, 15) is 14.4 Å². The second kappa shape index (κ2) is 7.63. The van der Waals surface area contributed by atoms with Gasteiger partial charge < -0.3 is 10.1 Å². The first-order valence-corrected chi connectivity index (χ1v) is 9.54. The number of thioether (sulfide) groups is 1. The van der Waals surface area contributed by atoms with Crippen LogP contribution in [-0.2, 0) is 9.59 Å². The normalized spacial score (nSPS) is 19.0. The minimum atomic E-state index is -0.764. The van der Waals surface area contributed by atoms with Gasteiger partial charge in [-0.25, -0.2) is 14.3 Å². The lowest BCUT2D eigenvalue weighted by molar-refractivity contribution is -0.367. The summed E-state index contributed by atoms with van der Waals surface area (Å²) in [5.41, 5.74) is 1.60. The number of anilines is 1.